The number of unbranched alkanes of at least 4 members (excludes halogenated alkanes) is 1. The molecule has 0 unspecified atom stereocenters. The van der Waals surface area contributed by atoms with Gasteiger partial charge in [0.1, 0.15) is 12.4 Å². The van der Waals surface area contributed by atoms with Crippen molar-refractivity contribution in [2.24, 2.45) is 0 Å². The van der Waals surface area contributed by atoms with Crippen LogP contribution < -0.4 is 10.4 Å². The normalized spacial score (nSPS) is 11.4. The van der Waals surface area contributed by atoms with Gasteiger partial charge in [-0.2, -0.15) is 5.10 Å². The summed E-state index contributed by atoms with van der Waals surface area (Å²) in [6.45, 7) is 14.8. The van der Waals surface area contributed by atoms with E-state index in [-0.39, 0.29) is 23.8 Å². The second kappa shape index (κ2) is 8.47. The van der Waals surface area contributed by atoms with Crippen LogP contribution in [0, 0.1) is 18.8 Å². The highest BCUT2D eigenvalue weighted by molar-refractivity contribution is 5.51. The number of aromatic amines is 1. The average molecular weight is 370 g/mol. The van der Waals surface area contributed by atoms with E-state index < -0.39 is 0 Å². The van der Waals surface area contributed by atoms with E-state index >= 15 is 0 Å². The molecule has 5 nitrogen and oxygen atoms in total. The van der Waals surface area contributed by atoms with Crippen molar-refractivity contribution in [2.75, 3.05) is 0 Å². The molecule has 1 aromatic carbocycles. The van der Waals surface area contributed by atoms with Crippen LogP contribution in [0.3, 0.4) is 0 Å². The van der Waals surface area contributed by atoms with Crippen molar-refractivity contribution in [1.82, 2.24) is 14.8 Å². The molecule has 27 heavy (non-hydrogen) atoms. The van der Waals surface area contributed by atoms with Gasteiger partial charge in [0, 0.05) is 23.6 Å². The molecule has 1 aromatic heterocycles. The molecule has 0 aliphatic heterocycles. The lowest BCUT2D eigenvalue weighted by Gasteiger charge is -2.24. The lowest BCUT2D eigenvalue weighted by Crippen LogP contribution is -2.22. The topological polar surface area (TPSA) is 59.9 Å². The molecule has 0 radical (unpaired) electrons. The molecular weight excluding hydrogens is 338 g/mol. The van der Waals surface area contributed by atoms with Crippen LogP contribution in [0.2, 0.25) is 0 Å². The fraction of sp³-hybridized carbons (Fsp3) is 0.545. The van der Waals surface area contributed by atoms with Crippen molar-refractivity contribution in [1.29, 1.82) is 0 Å². The smallest absolute Gasteiger partial charge is 0.343 e. The van der Waals surface area contributed by atoms with Crippen LogP contribution in [0.4, 0.5) is 0 Å². The molecule has 0 fully saturated rings. The van der Waals surface area contributed by atoms with Gasteiger partial charge in [-0.3, -0.25) is 4.57 Å². The first-order chi connectivity index (χ1) is 12.6. The van der Waals surface area contributed by atoms with Crippen LogP contribution in [0.25, 0.3) is 0 Å². The minimum atomic E-state index is -0.211. The van der Waals surface area contributed by atoms with Gasteiger partial charge in [-0.25, -0.2) is 9.89 Å². The summed E-state index contributed by atoms with van der Waals surface area (Å²) in [7, 11) is 0. The third-order valence-electron chi connectivity index (χ3n) is 4.38. The predicted octanol–water partition coefficient (Wildman–Crippen LogP) is 4.49. The minimum Gasteiger partial charge on any atom is -0.485 e. The van der Waals surface area contributed by atoms with Gasteiger partial charge >= 0.3 is 5.69 Å². The number of aryl methyl sites for hydroxylation is 1. The van der Waals surface area contributed by atoms with Gasteiger partial charge in [-0.15, -0.1) is 0 Å². The Balaban J connectivity index is 2.38. The van der Waals surface area contributed by atoms with E-state index in [4.69, 9.17) is 4.74 Å². The standard InChI is InChI=1S/C22H31N3O2/c1-8-9-10-11-17-13-18(22(5,6)7)19(12-16(17)4)27-14-20-23-24-21(26)25(20)15(2)3/h12-13,15H,8-9,14H2,1-7H3,(H,24,26). The molecule has 0 spiro atoms. The fourth-order valence-corrected chi connectivity index (χ4v) is 2.92. The number of H-pyrrole nitrogens is 1. The summed E-state index contributed by atoms with van der Waals surface area (Å²) < 4.78 is 7.74. The zero-order valence-electron chi connectivity index (χ0n) is 17.6. The first-order valence-electron chi connectivity index (χ1n) is 9.57. The van der Waals surface area contributed by atoms with Crippen LogP contribution in [-0.2, 0) is 12.0 Å². The van der Waals surface area contributed by atoms with Crippen molar-refractivity contribution in [2.45, 2.75) is 79.4 Å². The Labute approximate surface area is 162 Å². The maximum absolute atomic E-state index is 11.9. The summed E-state index contributed by atoms with van der Waals surface area (Å²) in [5.74, 6) is 7.92. The average Bonchev–Trinajstić information content (AvgIpc) is 2.94. The molecular formula is C22H31N3O2. The number of nitrogens with zero attached hydrogens (tertiary/aromatic N) is 2. The number of hydrogen-bond donors (Lipinski definition) is 1. The number of aromatic nitrogens is 3. The third-order valence-corrected chi connectivity index (χ3v) is 4.38. The number of ether oxygens (including phenoxy) is 1. The van der Waals surface area contributed by atoms with E-state index in [0.717, 1.165) is 35.3 Å². The molecule has 1 N–H and O–H groups in total. The quantitative estimate of drug-likeness (QED) is 0.790. The van der Waals surface area contributed by atoms with E-state index in [9.17, 15) is 4.79 Å². The predicted molar refractivity (Wildman–Crippen MR) is 109 cm³/mol. The Kier molecular flexibility index (Phi) is 6.54. The van der Waals surface area contributed by atoms with Crippen molar-refractivity contribution in [3.05, 3.63) is 45.1 Å². The molecule has 0 saturated heterocycles. The molecule has 0 bridgehead atoms. The van der Waals surface area contributed by atoms with Crippen LogP contribution in [0.5, 0.6) is 5.75 Å². The summed E-state index contributed by atoms with van der Waals surface area (Å²) in [6.07, 6.45) is 1.95. The van der Waals surface area contributed by atoms with E-state index in [1.807, 2.05) is 26.8 Å². The Hall–Kier alpha value is -2.48. The summed E-state index contributed by atoms with van der Waals surface area (Å²) in [4.78, 5) is 11.9. The van der Waals surface area contributed by atoms with Crippen LogP contribution in [-0.4, -0.2) is 14.8 Å². The highest BCUT2D eigenvalue weighted by Gasteiger charge is 2.21. The summed E-state index contributed by atoms with van der Waals surface area (Å²) in [5, 5.41) is 6.62. The Morgan fingerprint density at radius 3 is 2.59 bits per heavy atom. The molecule has 5 heteroatoms. The molecule has 2 aromatic rings. The number of rotatable bonds is 5. The minimum absolute atomic E-state index is 0.0230. The van der Waals surface area contributed by atoms with Crippen molar-refractivity contribution >= 4 is 0 Å². The Morgan fingerprint density at radius 2 is 2.00 bits per heavy atom. The first kappa shape index (κ1) is 20.8. The molecule has 1 heterocycles. The van der Waals surface area contributed by atoms with Crippen LogP contribution in [0.1, 0.15) is 82.9 Å². The maximum atomic E-state index is 11.9. The summed E-state index contributed by atoms with van der Waals surface area (Å²) in [5.41, 5.74) is 2.93. The van der Waals surface area contributed by atoms with Crippen LogP contribution in [0.15, 0.2) is 16.9 Å². The van der Waals surface area contributed by atoms with Gasteiger partial charge in [0.2, 0.25) is 0 Å². The largest absolute Gasteiger partial charge is 0.485 e. The van der Waals surface area contributed by atoms with Gasteiger partial charge in [0.05, 0.1) is 0 Å². The Bertz CT molecular complexity index is 902. The van der Waals surface area contributed by atoms with Crippen LogP contribution >= 0.6 is 0 Å². The Morgan fingerprint density at radius 1 is 1.30 bits per heavy atom. The second-order valence-corrected chi connectivity index (χ2v) is 8.16. The highest BCUT2D eigenvalue weighted by Crippen LogP contribution is 2.34. The maximum Gasteiger partial charge on any atom is 0.343 e. The zero-order chi connectivity index (χ0) is 20.2. The molecule has 0 saturated carbocycles. The molecule has 0 aliphatic rings. The fourth-order valence-electron chi connectivity index (χ4n) is 2.92. The lowest BCUT2D eigenvalue weighted by molar-refractivity contribution is 0.278. The molecule has 2 rings (SSSR count). The summed E-state index contributed by atoms with van der Waals surface area (Å²) in [6, 6.07) is 4.20. The van der Waals surface area contributed by atoms with Gasteiger partial charge in [-0.05, 0) is 50.3 Å². The van der Waals surface area contributed by atoms with Gasteiger partial charge in [-0.1, -0.05) is 39.5 Å². The second-order valence-electron chi connectivity index (χ2n) is 8.16. The van der Waals surface area contributed by atoms with Crippen molar-refractivity contribution in [3.8, 4) is 17.6 Å². The van der Waals surface area contributed by atoms with Gasteiger partial charge < -0.3 is 4.74 Å². The number of hydrogen-bond acceptors (Lipinski definition) is 3. The summed E-state index contributed by atoms with van der Waals surface area (Å²) >= 11 is 0. The van der Waals surface area contributed by atoms with E-state index in [0.29, 0.717) is 5.82 Å². The van der Waals surface area contributed by atoms with Crippen molar-refractivity contribution < 1.29 is 4.74 Å². The van der Waals surface area contributed by atoms with E-state index in [1.165, 1.54) is 0 Å². The SMILES string of the molecule is CCCC#Cc1cc(C(C)(C)C)c(OCc2n[nH]c(=O)n2C(C)C)cc1C. The molecule has 146 valence electrons. The highest BCUT2D eigenvalue weighted by atomic mass is 16.5. The number of benzene rings is 1. The monoisotopic (exact) mass is 369 g/mol. The van der Waals surface area contributed by atoms with Gasteiger partial charge in [0.25, 0.3) is 0 Å². The van der Waals surface area contributed by atoms with E-state index in [1.54, 1.807) is 4.57 Å². The lowest BCUT2D eigenvalue weighted by atomic mass is 9.84. The third kappa shape index (κ3) is 5.03. The van der Waals surface area contributed by atoms with Gasteiger partial charge in [0.15, 0.2) is 5.82 Å². The molecule has 0 amide bonds. The zero-order valence-corrected chi connectivity index (χ0v) is 17.6. The van der Waals surface area contributed by atoms with E-state index in [2.05, 4.69) is 55.8 Å². The van der Waals surface area contributed by atoms with Crippen molar-refractivity contribution in [3.63, 3.8) is 0 Å². The number of nitrogens with one attached hydrogen (secondary N) is 1. The first-order valence-corrected chi connectivity index (χ1v) is 9.57. The molecule has 0 aliphatic carbocycles. The molecule has 0 atom stereocenters.